The molecule has 310 valence electrons. The highest BCUT2D eigenvalue weighted by molar-refractivity contribution is 5.55. The SMILES string of the molecule is Cc1ccc(C2CCCCC2)cc1C(CC(c1cc(C2CCCCC2)c(O)cc1C)c1cc(C2CCCCC2)c(O)cc1C)c1cc(C2CCCCC2)c(O)cc1C. The van der Waals surface area contributed by atoms with Gasteiger partial charge in [-0.25, -0.2) is 0 Å². The van der Waals surface area contributed by atoms with Gasteiger partial charge in [0, 0.05) is 11.8 Å². The predicted octanol–water partition coefficient (Wildman–Crippen LogP) is 15.6. The quantitative estimate of drug-likeness (QED) is 0.150. The molecule has 4 fully saturated rings. The van der Waals surface area contributed by atoms with Gasteiger partial charge in [0.15, 0.2) is 0 Å². The molecule has 4 aliphatic rings. The first-order valence-electron chi connectivity index (χ1n) is 23.8. The van der Waals surface area contributed by atoms with E-state index in [0.29, 0.717) is 40.9 Å². The van der Waals surface area contributed by atoms with Gasteiger partial charge in [0.25, 0.3) is 0 Å². The molecule has 3 N–H and O–H groups in total. The minimum atomic E-state index is 0.0416. The van der Waals surface area contributed by atoms with Crippen LogP contribution in [0.5, 0.6) is 17.2 Å². The molecule has 0 heterocycles. The lowest BCUT2D eigenvalue weighted by molar-refractivity contribution is 0.412. The molecule has 58 heavy (non-hydrogen) atoms. The Morgan fingerprint density at radius 3 is 1.03 bits per heavy atom. The van der Waals surface area contributed by atoms with Gasteiger partial charge in [0.2, 0.25) is 0 Å². The molecule has 4 aromatic carbocycles. The van der Waals surface area contributed by atoms with Gasteiger partial charge in [0.05, 0.1) is 0 Å². The van der Waals surface area contributed by atoms with Crippen molar-refractivity contribution in [2.45, 2.75) is 198 Å². The summed E-state index contributed by atoms with van der Waals surface area (Å²) < 4.78 is 0. The average molecular weight is 781 g/mol. The lowest BCUT2D eigenvalue weighted by Gasteiger charge is -2.33. The fraction of sp³-hybridized carbons (Fsp3) is 0.564. The van der Waals surface area contributed by atoms with Gasteiger partial charge in [-0.2, -0.15) is 0 Å². The summed E-state index contributed by atoms with van der Waals surface area (Å²) in [7, 11) is 0. The summed E-state index contributed by atoms with van der Waals surface area (Å²) in [5.74, 6) is 3.29. The minimum absolute atomic E-state index is 0.0416. The standard InChI is InChI=1S/C55H72O3/c1-35-25-26-43(39-17-9-5-10-18-39)30-44(35)51(45-31-48(53(56)27-36(45)2)40-19-11-6-12-20-40)34-52(46-32-49(54(57)28-37(46)3)41-21-13-7-14-22-41)47-33-50(55(58)29-38(47)4)42-23-15-8-16-24-42/h25-33,39-42,51-52,56-58H,5-24,34H2,1-4H3. The van der Waals surface area contributed by atoms with Gasteiger partial charge in [-0.15, -0.1) is 0 Å². The predicted molar refractivity (Wildman–Crippen MR) is 241 cm³/mol. The van der Waals surface area contributed by atoms with Crippen LogP contribution < -0.4 is 0 Å². The number of benzene rings is 4. The molecule has 0 bridgehead atoms. The Kier molecular flexibility index (Phi) is 12.9. The molecule has 4 aliphatic carbocycles. The number of aromatic hydroxyl groups is 3. The summed E-state index contributed by atoms with van der Waals surface area (Å²) >= 11 is 0. The Bertz CT molecular complexity index is 1960. The van der Waals surface area contributed by atoms with E-state index in [1.54, 1.807) is 0 Å². The second kappa shape index (κ2) is 18.3. The Balaban J connectivity index is 1.34. The van der Waals surface area contributed by atoms with E-state index in [0.717, 1.165) is 72.8 Å². The van der Waals surface area contributed by atoms with Crippen molar-refractivity contribution in [3.63, 3.8) is 0 Å². The molecule has 0 radical (unpaired) electrons. The second-order valence-electron chi connectivity index (χ2n) is 19.6. The molecule has 0 aliphatic heterocycles. The van der Waals surface area contributed by atoms with Crippen molar-refractivity contribution in [1.29, 1.82) is 0 Å². The molecule has 0 amide bonds. The van der Waals surface area contributed by atoms with Crippen molar-refractivity contribution in [2.75, 3.05) is 0 Å². The Morgan fingerprint density at radius 2 is 0.690 bits per heavy atom. The highest BCUT2D eigenvalue weighted by Gasteiger charge is 2.32. The van der Waals surface area contributed by atoms with E-state index in [4.69, 9.17) is 0 Å². The summed E-state index contributed by atoms with van der Waals surface area (Å²) in [4.78, 5) is 0. The number of phenols is 3. The second-order valence-corrected chi connectivity index (χ2v) is 19.6. The van der Waals surface area contributed by atoms with Crippen molar-refractivity contribution < 1.29 is 15.3 Å². The molecule has 8 rings (SSSR count). The van der Waals surface area contributed by atoms with Gasteiger partial charge in [-0.3, -0.25) is 0 Å². The Morgan fingerprint density at radius 1 is 0.379 bits per heavy atom. The number of hydrogen-bond acceptors (Lipinski definition) is 3. The van der Waals surface area contributed by atoms with Crippen LogP contribution in [0, 0.1) is 27.7 Å². The maximum absolute atomic E-state index is 11.6. The molecule has 4 saturated carbocycles. The number of rotatable bonds is 10. The first-order chi connectivity index (χ1) is 28.2. The van der Waals surface area contributed by atoms with E-state index in [1.165, 1.54) is 129 Å². The van der Waals surface area contributed by atoms with Gasteiger partial charge >= 0.3 is 0 Å². The van der Waals surface area contributed by atoms with Crippen molar-refractivity contribution in [1.82, 2.24) is 0 Å². The van der Waals surface area contributed by atoms with Crippen molar-refractivity contribution >= 4 is 0 Å². The van der Waals surface area contributed by atoms with Crippen molar-refractivity contribution in [3.05, 3.63) is 121 Å². The summed E-state index contributed by atoms with van der Waals surface area (Å²) in [6.07, 6.45) is 25.4. The van der Waals surface area contributed by atoms with Crippen LogP contribution in [0.2, 0.25) is 0 Å². The van der Waals surface area contributed by atoms with Gasteiger partial charge in [-0.1, -0.05) is 113 Å². The van der Waals surface area contributed by atoms with Crippen LogP contribution in [0.15, 0.2) is 54.6 Å². The van der Waals surface area contributed by atoms with Crippen LogP contribution in [0.25, 0.3) is 0 Å². The highest BCUT2D eigenvalue weighted by Crippen LogP contribution is 2.50. The molecule has 3 heteroatoms. The molecule has 1 atom stereocenters. The first-order valence-corrected chi connectivity index (χ1v) is 23.8. The van der Waals surface area contributed by atoms with E-state index >= 15 is 0 Å². The molecule has 0 spiro atoms. The van der Waals surface area contributed by atoms with E-state index < -0.39 is 0 Å². The van der Waals surface area contributed by atoms with E-state index in [2.05, 4.69) is 82.3 Å². The van der Waals surface area contributed by atoms with Gasteiger partial charge < -0.3 is 15.3 Å². The maximum Gasteiger partial charge on any atom is 0.119 e. The van der Waals surface area contributed by atoms with Crippen molar-refractivity contribution in [3.8, 4) is 17.2 Å². The molecular weight excluding hydrogens is 709 g/mol. The number of phenolic OH excluding ortho intramolecular Hbond substituents is 3. The Labute approximate surface area is 350 Å². The minimum Gasteiger partial charge on any atom is -0.508 e. The highest BCUT2D eigenvalue weighted by atomic mass is 16.3. The lowest BCUT2D eigenvalue weighted by Crippen LogP contribution is -2.17. The molecule has 1 unspecified atom stereocenters. The topological polar surface area (TPSA) is 60.7 Å². The summed E-state index contributed by atoms with van der Waals surface area (Å²) in [5, 5.41) is 34.8. The van der Waals surface area contributed by atoms with Crippen LogP contribution in [0.4, 0.5) is 0 Å². The van der Waals surface area contributed by atoms with E-state index in [-0.39, 0.29) is 11.8 Å². The summed E-state index contributed by atoms with van der Waals surface area (Å²) in [5.41, 5.74) is 15.1. The summed E-state index contributed by atoms with van der Waals surface area (Å²) in [6.45, 7) is 8.96. The molecule has 0 saturated heterocycles. The van der Waals surface area contributed by atoms with Crippen LogP contribution >= 0.6 is 0 Å². The summed E-state index contributed by atoms with van der Waals surface area (Å²) in [6, 6.07) is 20.9. The third-order valence-electron chi connectivity index (χ3n) is 15.7. The van der Waals surface area contributed by atoms with Crippen LogP contribution in [-0.2, 0) is 0 Å². The third kappa shape index (κ3) is 8.76. The zero-order valence-corrected chi connectivity index (χ0v) is 36.4. The zero-order chi connectivity index (χ0) is 40.3. The van der Waals surface area contributed by atoms with Crippen LogP contribution in [0.3, 0.4) is 0 Å². The zero-order valence-electron chi connectivity index (χ0n) is 36.4. The van der Waals surface area contributed by atoms with Crippen LogP contribution in [-0.4, -0.2) is 15.3 Å². The monoisotopic (exact) mass is 781 g/mol. The number of aryl methyl sites for hydroxylation is 4. The fourth-order valence-corrected chi connectivity index (χ4v) is 12.3. The molecule has 0 aromatic heterocycles. The average Bonchev–Trinajstić information content (AvgIpc) is 3.24. The largest absolute Gasteiger partial charge is 0.508 e. The normalized spacial score (nSPS) is 19.8. The van der Waals surface area contributed by atoms with E-state index in [1.807, 2.05) is 0 Å². The number of hydrogen-bond donors (Lipinski definition) is 3. The third-order valence-corrected chi connectivity index (χ3v) is 15.7. The molecule has 4 aromatic rings. The van der Waals surface area contributed by atoms with Crippen molar-refractivity contribution in [2.24, 2.45) is 0 Å². The molecular formula is C55H72O3. The smallest absolute Gasteiger partial charge is 0.119 e. The first kappa shape index (κ1) is 41.0. The maximum atomic E-state index is 11.6. The lowest BCUT2D eigenvalue weighted by atomic mass is 9.71. The van der Waals surface area contributed by atoms with Crippen LogP contribution in [0.1, 0.15) is 237 Å². The molecule has 3 nitrogen and oxygen atoms in total. The van der Waals surface area contributed by atoms with Gasteiger partial charge in [-0.05, 0) is 194 Å². The fourth-order valence-electron chi connectivity index (χ4n) is 12.3. The van der Waals surface area contributed by atoms with E-state index in [9.17, 15) is 15.3 Å². The van der Waals surface area contributed by atoms with Gasteiger partial charge in [0.1, 0.15) is 17.2 Å². The Hall–Kier alpha value is -3.72.